The molecule has 0 aliphatic carbocycles. The van der Waals surface area contributed by atoms with Crippen LogP contribution >= 0.6 is 23.2 Å². The number of nitrogens with zero attached hydrogens (tertiary/aromatic N) is 2. The van der Waals surface area contributed by atoms with E-state index in [-0.39, 0.29) is 29.6 Å². The number of ether oxygens (including phenoxy) is 1. The molecular formula is C21H20Cl2N2O4S. The van der Waals surface area contributed by atoms with Crippen molar-refractivity contribution in [1.29, 1.82) is 0 Å². The van der Waals surface area contributed by atoms with Gasteiger partial charge in [0.1, 0.15) is 22.8 Å². The summed E-state index contributed by atoms with van der Waals surface area (Å²) in [4.78, 5) is 4.48. The Kier molecular flexibility index (Phi) is 5.92. The van der Waals surface area contributed by atoms with Crippen molar-refractivity contribution in [3.63, 3.8) is 0 Å². The number of fused-ring (bicyclic) bond motifs is 1. The van der Waals surface area contributed by atoms with Gasteiger partial charge in [-0.3, -0.25) is 0 Å². The average molecular weight is 467 g/mol. The quantitative estimate of drug-likeness (QED) is 0.609. The molecule has 30 heavy (non-hydrogen) atoms. The number of hydrogen-bond acceptors (Lipinski definition) is 5. The number of aromatic nitrogens is 1. The number of hydrogen-bond donors (Lipinski definition) is 1. The molecule has 1 N–H and O–H groups in total. The molecule has 0 saturated carbocycles. The van der Waals surface area contributed by atoms with Crippen molar-refractivity contribution in [1.82, 2.24) is 9.29 Å². The molecule has 158 valence electrons. The summed E-state index contributed by atoms with van der Waals surface area (Å²) in [6.07, 6.45) is -0.274. The summed E-state index contributed by atoms with van der Waals surface area (Å²) in [7, 11) is -3.85. The molecule has 0 bridgehead atoms. The maximum atomic E-state index is 13.0. The van der Waals surface area contributed by atoms with Crippen LogP contribution in [-0.4, -0.2) is 42.0 Å². The van der Waals surface area contributed by atoms with Gasteiger partial charge in [0.05, 0.1) is 11.1 Å². The van der Waals surface area contributed by atoms with Crippen molar-refractivity contribution in [2.24, 2.45) is 0 Å². The Bertz CT molecular complexity index is 1220. The van der Waals surface area contributed by atoms with Crippen LogP contribution in [0, 0.1) is 6.92 Å². The first-order valence-electron chi connectivity index (χ1n) is 9.41. The second kappa shape index (κ2) is 8.32. The van der Waals surface area contributed by atoms with Crippen LogP contribution in [0.1, 0.15) is 17.7 Å². The first-order chi connectivity index (χ1) is 14.3. The predicted octanol–water partition coefficient (Wildman–Crippen LogP) is 4.18. The minimum absolute atomic E-state index is 0.0155. The maximum Gasteiger partial charge on any atom is 0.244 e. The number of benzene rings is 2. The number of aliphatic hydroxyl groups is 1. The van der Waals surface area contributed by atoms with E-state index in [1.165, 1.54) is 16.4 Å². The monoisotopic (exact) mass is 466 g/mol. The van der Waals surface area contributed by atoms with E-state index in [0.717, 1.165) is 11.1 Å². The van der Waals surface area contributed by atoms with E-state index in [2.05, 4.69) is 4.98 Å². The molecule has 3 aromatic rings. The van der Waals surface area contributed by atoms with Gasteiger partial charge < -0.3 is 9.84 Å². The second-order valence-electron chi connectivity index (χ2n) is 7.21. The van der Waals surface area contributed by atoms with Crippen LogP contribution in [-0.2, 0) is 16.6 Å². The van der Waals surface area contributed by atoms with E-state index in [4.69, 9.17) is 27.9 Å². The van der Waals surface area contributed by atoms with E-state index in [1.807, 2.05) is 31.2 Å². The van der Waals surface area contributed by atoms with Gasteiger partial charge in [-0.1, -0.05) is 41.4 Å². The van der Waals surface area contributed by atoms with Crippen LogP contribution in [0.3, 0.4) is 0 Å². The van der Waals surface area contributed by atoms with E-state index < -0.39 is 16.1 Å². The first-order valence-corrected chi connectivity index (χ1v) is 11.6. The number of para-hydroxylation sites is 1. The van der Waals surface area contributed by atoms with Gasteiger partial charge in [-0.2, -0.15) is 4.31 Å². The van der Waals surface area contributed by atoms with E-state index in [1.54, 1.807) is 6.07 Å². The number of sulfonamides is 1. The molecular weight excluding hydrogens is 447 g/mol. The van der Waals surface area contributed by atoms with Crippen molar-refractivity contribution < 1.29 is 18.3 Å². The highest BCUT2D eigenvalue weighted by molar-refractivity contribution is 7.89. The Hall–Kier alpha value is -1.90. The Morgan fingerprint density at radius 3 is 2.73 bits per heavy atom. The molecule has 1 unspecified atom stereocenters. The highest BCUT2D eigenvalue weighted by Gasteiger charge is 2.33. The molecule has 1 saturated heterocycles. The van der Waals surface area contributed by atoms with Crippen molar-refractivity contribution in [2.75, 3.05) is 13.1 Å². The average Bonchev–Trinajstić information content (AvgIpc) is 3.15. The Morgan fingerprint density at radius 1 is 1.20 bits per heavy atom. The zero-order valence-electron chi connectivity index (χ0n) is 16.2. The lowest BCUT2D eigenvalue weighted by atomic mass is 10.2. The van der Waals surface area contributed by atoms with Crippen LogP contribution in [0.15, 0.2) is 47.4 Å². The first kappa shape index (κ1) is 21.3. The normalized spacial score (nSPS) is 17.5. The lowest BCUT2D eigenvalue weighted by Crippen LogP contribution is -2.30. The Morgan fingerprint density at radius 2 is 2.00 bits per heavy atom. The standard InChI is InChI=1S/C21H20Cl2N2O4S/c1-13-5-6-14-3-2-4-18(21(14)24-13)29-12-16-17(22)7-8-19(20(16)23)30(27,28)25-10-9-15(26)11-25/h2-8,15,26H,9-12H2,1H3. The number of pyridine rings is 1. The van der Waals surface area contributed by atoms with Crippen LogP contribution in [0.2, 0.25) is 10.0 Å². The van der Waals surface area contributed by atoms with Gasteiger partial charge in [-0.05, 0) is 37.6 Å². The van der Waals surface area contributed by atoms with Crippen molar-refractivity contribution in [3.8, 4) is 5.75 Å². The van der Waals surface area contributed by atoms with Gasteiger partial charge >= 0.3 is 0 Å². The molecule has 4 rings (SSSR count). The summed E-state index contributed by atoms with van der Waals surface area (Å²) in [5.41, 5.74) is 1.94. The molecule has 0 spiro atoms. The van der Waals surface area contributed by atoms with Gasteiger partial charge in [-0.15, -0.1) is 0 Å². The van der Waals surface area contributed by atoms with Gasteiger partial charge in [0.25, 0.3) is 0 Å². The summed E-state index contributed by atoms with van der Waals surface area (Å²) < 4.78 is 33.2. The Labute approximate surface area is 185 Å². The molecule has 2 aromatic carbocycles. The molecule has 1 aromatic heterocycles. The molecule has 1 aliphatic heterocycles. The fourth-order valence-electron chi connectivity index (χ4n) is 3.46. The van der Waals surface area contributed by atoms with Crippen LogP contribution in [0.25, 0.3) is 10.9 Å². The fourth-order valence-corrected chi connectivity index (χ4v) is 5.81. The van der Waals surface area contributed by atoms with Crippen molar-refractivity contribution in [2.45, 2.75) is 31.0 Å². The number of aryl methyl sites for hydroxylation is 1. The number of β-amino-alcohol motifs (C(OH)–C–C–N with tert-alkyl or cyclic N) is 1. The van der Waals surface area contributed by atoms with Crippen LogP contribution < -0.4 is 4.74 Å². The molecule has 6 nitrogen and oxygen atoms in total. The summed E-state index contributed by atoms with van der Waals surface area (Å²) in [5, 5.41) is 11.0. The molecule has 0 radical (unpaired) electrons. The lowest BCUT2D eigenvalue weighted by molar-refractivity contribution is 0.189. The molecule has 0 amide bonds. The number of aliphatic hydroxyl groups excluding tert-OH is 1. The highest BCUT2D eigenvalue weighted by atomic mass is 35.5. The summed E-state index contributed by atoms with van der Waals surface area (Å²) in [6.45, 7) is 2.18. The van der Waals surface area contributed by atoms with Crippen molar-refractivity contribution in [3.05, 3.63) is 63.8 Å². The number of halogens is 2. The Balaban J connectivity index is 1.66. The van der Waals surface area contributed by atoms with Crippen LogP contribution in [0.5, 0.6) is 5.75 Å². The highest BCUT2D eigenvalue weighted by Crippen LogP contribution is 2.35. The third-order valence-electron chi connectivity index (χ3n) is 5.09. The zero-order valence-corrected chi connectivity index (χ0v) is 18.5. The summed E-state index contributed by atoms with van der Waals surface area (Å²) >= 11 is 12.8. The summed E-state index contributed by atoms with van der Waals surface area (Å²) in [6, 6.07) is 12.4. The molecule has 2 heterocycles. The molecule has 1 atom stereocenters. The third kappa shape index (κ3) is 4.00. The molecule has 1 fully saturated rings. The zero-order chi connectivity index (χ0) is 21.5. The summed E-state index contributed by atoms with van der Waals surface area (Å²) in [5.74, 6) is 0.555. The molecule has 1 aliphatic rings. The SMILES string of the molecule is Cc1ccc2cccc(OCc3c(Cl)ccc(S(=O)(=O)N4CCC(O)C4)c3Cl)c2n1. The maximum absolute atomic E-state index is 13.0. The van der Waals surface area contributed by atoms with Gasteiger partial charge in [-0.25, -0.2) is 13.4 Å². The minimum atomic E-state index is -3.85. The number of rotatable bonds is 5. The van der Waals surface area contributed by atoms with E-state index >= 15 is 0 Å². The van der Waals surface area contributed by atoms with Gasteiger partial charge in [0.2, 0.25) is 10.0 Å². The lowest BCUT2D eigenvalue weighted by Gasteiger charge is -2.19. The third-order valence-corrected chi connectivity index (χ3v) is 7.89. The van der Waals surface area contributed by atoms with Gasteiger partial charge in [0, 0.05) is 34.8 Å². The predicted molar refractivity (Wildman–Crippen MR) is 117 cm³/mol. The van der Waals surface area contributed by atoms with Crippen molar-refractivity contribution >= 4 is 44.1 Å². The fraction of sp³-hybridized carbons (Fsp3) is 0.286. The topological polar surface area (TPSA) is 79.7 Å². The largest absolute Gasteiger partial charge is 0.487 e. The second-order valence-corrected chi connectivity index (χ2v) is 9.90. The van der Waals surface area contributed by atoms with Crippen LogP contribution in [0.4, 0.5) is 0 Å². The minimum Gasteiger partial charge on any atom is -0.487 e. The molecule has 9 heteroatoms. The van der Waals surface area contributed by atoms with Gasteiger partial charge in [0.15, 0.2) is 0 Å². The smallest absolute Gasteiger partial charge is 0.244 e. The van der Waals surface area contributed by atoms with E-state index in [0.29, 0.717) is 28.3 Å². The van der Waals surface area contributed by atoms with E-state index in [9.17, 15) is 13.5 Å².